The van der Waals surface area contributed by atoms with Gasteiger partial charge in [-0.1, -0.05) is 90.4 Å². The van der Waals surface area contributed by atoms with Crippen LogP contribution in [0.3, 0.4) is 0 Å². The van der Waals surface area contributed by atoms with E-state index in [1.165, 1.54) is 44.9 Å². The van der Waals surface area contributed by atoms with Crippen LogP contribution in [0.25, 0.3) is 0 Å². The largest absolute Gasteiger partial charge is 0.481 e. The molecule has 0 radical (unpaired) electrons. The van der Waals surface area contributed by atoms with Gasteiger partial charge in [-0.05, 0) is 58.8 Å². The fourth-order valence-corrected chi connectivity index (χ4v) is 6.39. The molecule has 0 spiro atoms. The summed E-state index contributed by atoms with van der Waals surface area (Å²) in [5.41, 5.74) is 5.29. The van der Waals surface area contributed by atoms with Gasteiger partial charge in [0.25, 0.3) is 0 Å². The zero-order chi connectivity index (χ0) is 47.2. The molecule has 17 nitrogen and oxygen atoms in total. The molecule has 0 heterocycles. The Labute approximate surface area is 377 Å². The van der Waals surface area contributed by atoms with Gasteiger partial charge in [0.05, 0.1) is 19.8 Å². The average molecular weight is 903 g/mol. The van der Waals surface area contributed by atoms with E-state index in [0.717, 1.165) is 70.6 Å². The zero-order valence-electron chi connectivity index (χ0n) is 39.2. The van der Waals surface area contributed by atoms with Crippen molar-refractivity contribution in [2.45, 2.75) is 181 Å². The smallest absolute Gasteiger partial charge is 0.326 e. The molecule has 2 atom stereocenters. The van der Waals surface area contributed by atoms with Crippen LogP contribution in [-0.2, 0) is 52.5 Å². The molecule has 17 heteroatoms. The number of ketones is 1. The maximum Gasteiger partial charge on any atom is 0.326 e. The van der Waals surface area contributed by atoms with Gasteiger partial charge in [-0.15, -0.1) is 0 Å². The van der Waals surface area contributed by atoms with E-state index in [-0.39, 0.29) is 67.8 Å². The van der Waals surface area contributed by atoms with Crippen LogP contribution in [0.1, 0.15) is 175 Å². The Kier molecular flexibility index (Phi) is 45.2. The number of primary amides is 1. The first-order valence-electron chi connectivity index (χ1n) is 23.8. The van der Waals surface area contributed by atoms with E-state index in [0.29, 0.717) is 72.0 Å². The van der Waals surface area contributed by atoms with Crippen LogP contribution in [0.2, 0.25) is 0 Å². The van der Waals surface area contributed by atoms with Crippen LogP contribution >= 0.6 is 0 Å². The number of aliphatic carboxylic acids is 2. The summed E-state index contributed by atoms with van der Waals surface area (Å²) in [5.74, 6) is -2.75. The van der Waals surface area contributed by atoms with Gasteiger partial charge in [0, 0.05) is 64.5 Å². The number of carbonyl (C=O) groups is 7. The first kappa shape index (κ1) is 61.4. The molecule has 0 saturated heterocycles. The number of hydrogen-bond acceptors (Lipinski definition) is 11. The van der Waals surface area contributed by atoms with Gasteiger partial charge in [0.1, 0.15) is 25.0 Å². The molecular weight excluding hydrogens is 817 g/mol. The number of hydrogen-bond donors (Lipinski definition) is 6. The Morgan fingerprint density at radius 1 is 0.492 bits per heavy atom. The van der Waals surface area contributed by atoms with Crippen LogP contribution in [0.15, 0.2) is 0 Å². The number of nitrogens with two attached hydrogens (primary N) is 1. The summed E-state index contributed by atoms with van der Waals surface area (Å²) < 4.78 is 20.7. The van der Waals surface area contributed by atoms with E-state index in [1.54, 1.807) is 0 Å². The summed E-state index contributed by atoms with van der Waals surface area (Å²) in [6.45, 7) is 9.32. The Bertz CT molecular complexity index is 1190. The number of carboxylic acid groups (broad SMARTS) is 2. The number of rotatable bonds is 45. The SMILES string of the molecule is CCOCC(=O)NCCOCCOCC(=O)NCCCC[C@H](CC)C(N)=O.CCOCCCC(=O)CC[C@H](NC(=O)CCCCCCCCCCCCCCCCC(=O)O)C(=O)O. The Hall–Kier alpha value is -3.67. The van der Waals surface area contributed by atoms with E-state index in [4.69, 9.17) is 29.8 Å². The van der Waals surface area contributed by atoms with E-state index >= 15 is 0 Å². The second-order valence-electron chi connectivity index (χ2n) is 15.7. The molecule has 0 aliphatic carbocycles. The molecular formula is C46H86N4O13. The second kappa shape index (κ2) is 46.3. The number of nitrogens with one attached hydrogen (secondary N) is 3. The quantitative estimate of drug-likeness (QED) is 0.0383. The van der Waals surface area contributed by atoms with Crippen LogP contribution in [0.4, 0.5) is 0 Å². The van der Waals surface area contributed by atoms with E-state index < -0.39 is 18.0 Å². The molecule has 63 heavy (non-hydrogen) atoms. The maximum atomic E-state index is 12.1. The standard InChI is InChI=1S/C28H51NO7.C18H35N3O6/c1-2-36-23-17-18-24(30)21-22-25(28(34)35)29-26(31)19-15-13-11-9-7-5-3-4-6-8-10-12-14-16-20-27(32)33;1-3-15(18(19)24)7-5-6-8-20-17(23)14-27-12-11-26-10-9-21-16(22)13-25-4-2/h25H,2-23H2,1H3,(H,29,31)(H,32,33)(H,34,35);15H,3-14H2,1-2H3,(H2,19,24)(H,20,23)(H,21,22)/t25-;15-/m00/s1. The predicted octanol–water partition coefficient (Wildman–Crippen LogP) is 6.02. The van der Waals surface area contributed by atoms with Crippen molar-refractivity contribution in [3.8, 4) is 0 Å². The van der Waals surface area contributed by atoms with Crippen LogP contribution in [-0.4, -0.2) is 124 Å². The minimum absolute atomic E-state index is 0.000154. The third-order valence-corrected chi connectivity index (χ3v) is 10.1. The summed E-state index contributed by atoms with van der Waals surface area (Å²) >= 11 is 0. The summed E-state index contributed by atoms with van der Waals surface area (Å²) in [7, 11) is 0. The maximum absolute atomic E-state index is 12.1. The number of Topliss-reactive ketones (excluding diaryl/α,β-unsaturated/α-hetero) is 1. The highest BCUT2D eigenvalue weighted by molar-refractivity contribution is 5.84. The fourth-order valence-electron chi connectivity index (χ4n) is 6.39. The van der Waals surface area contributed by atoms with E-state index in [9.17, 15) is 38.7 Å². The molecule has 0 aromatic heterocycles. The molecule has 0 fully saturated rings. The number of carbonyl (C=O) groups excluding carboxylic acids is 5. The zero-order valence-corrected chi connectivity index (χ0v) is 39.2. The van der Waals surface area contributed by atoms with Crippen LogP contribution in [0, 0.1) is 5.92 Å². The van der Waals surface area contributed by atoms with Gasteiger partial charge in [-0.2, -0.15) is 0 Å². The van der Waals surface area contributed by atoms with Crippen molar-refractivity contribution in [3.63, 3.8) is 0 Å². The first-order valence-corrected chi connectivity index (χ1v) is 23.8. The van der Waals surface area contributed by atoms with Gasteiger partial charge in [0.2, 0.25) is 23.6 Å². The monoisotopic (exact) mass is 903 g/mol. The molecule has 368 valence electrons. The lowest BCUT2D eigenvalue weighted by Crippen LogP contribution is -2.41. The summed E-state index contributed by atoms with van der Waals surface area (Å²) in [5, 5.41) is 25.9. The molecule has 0 aromatic rings. The number of unbranched alkanes of at least 4 members (excludes halogenated alkanes) is 14. The van der Waals surface area contributed by atoms with Gasteiger partial charge >= 0.3 is 11.9 Å². The number of ether oxygens (including phenoxy) is 4. The second-order valence-corrected chi connectivity index (χ2v) is 15.7. The molecule has 0 bridgehead atoms. The number of amides is 4. The lowest BCUT2D eigenvalue weighted by molar-refractivity contribution is -0.142. The highest BCUT2D eigenvalue weighted by atomic mass is 16.5. The van der Waals surface area contributed by atoms with Crippen LogP contribution < -0.4 is 21.7 Å². The Morgan fingerprint density at radius 2 is 1.02 bits per heavy atom. The van der Waals surface area contributed by atoms with Crippen molar-refractivity contribution < 1.29 is 62.7 Å². The summed E-state index contributed by atoms with van der Waals surface area (Å²) in [6, 6.07) is -1.01. The molecule has 4 amide bonds. The van der Waals surface area contributed by atoms with E-state index in [1.807, 2.05) is 20.8 Å². The van der Waals surface area contributed by atoms with Gasteiger partial charge < -0.3 is 50.8 Å². The summed E-state index contributed by atoms with van der Waals surface area (Å²) in [6.07, 6.45) is 20.6. The van der Waals surface area contributed by atoms with Crippen molar-refractivity contribution in [3.05, 3.63) is 0 Å². The lowest BCUT2D eigenvalue weighted by Gasteiger charge is -2.14. The van der Waals surface area contributed by atoms with E-state index in [2.05, 4.69) is 16.0 Å². The molecule has 0 unspecified atom stereocenters. The molecule has 0 aromatic carbocycles. The number of carboxylic acids is 2. The third-order valence-electron chi connectivity index (χ3n) is 10.1. The molecule has 7 N–H and O–H groups in total. The minimum atomic E-state index is -1.10. The summed E-state index contributed by atoms with van der Waals surface area (Å²) in [4.78, 5) is 79.8. The first-order chi connectivity index (χ1) is 30.4. The Morgan fingerprint density at radius 3 is 1.54 bits per heavy atom. The minimum Gasteiger partial charge on any atom is -0.481 e. The lowest BCUT2D eigenvalue weighted by atomic mass is 9.99. The van der Waals surface area contributed by atoms with Crippen molar-refractivity contribution in [1.29, 1.82) is 0 Å². The predicted molar refractivity (Wildman–Crippen MR) is 242 cm³/mol. The molecule has 0 saturated carbocycles. The normalized spacial score (nSPS) is 11.8. The molecule has 0 rings (SSSR count). The van der Waals surface area contributed by atoms with Crippen molar-refractivity contribution in [2.24, 2.45) is 11.7 Å². The molecule has 0 aliphatic rings. The van der Waals surface area contributed by atoms with Gasteiger partial charge in [-0.3, -0.25) is 28.8 Å². The molecule has 0 aliphatic heterocycles. The Balaban J connectivity index is 0. The van der Waals surface area contributed by atoms with Gasteiger partial charge in [-0.25, -0.2) is 4.79 Å². The average Bonchev–Trinajstić information content (AvgIpc) is 3.24. The van der Waals surface area contributed by atoms with Crippen molar-refractivity contribution in [2.75, 3.05) is 65.9 Å². The fraction of sp³-hybridized carbons (Fsp3) is 0.848. The highest BCUT2D eigenvalue weighted by Gasteiger charge is 2.21. The van der Waals surface area contributed by atoms with Gasteiger partial charge in [0.15, 0.2) is 0 Å². The van der Waals surface area contributed by atoms with Crippen molar-refractivity contribution >= 4 is 41.4 Å². The van der Waals surface area contributed by atoms with Crippen molar-refractivity contribution in [1.82, 2.24) is 16.0 Å². The highest BCUT2D eigenvalue weighted by Crippen LogP contribution is 2.14. The topological polar surface area (TPSA) is 259 Å². The third kappa shape index (κ3) is 46.1. The van der Waals surface area contributed by atoms with Crippen LogP contribution in [0.5, 0.6) is 0 Å².